The minimum absolute atomic E-state index is 0. The van der Waals surface area contributed by atoms with Gasteiger partial charge < -0.3 is 15.0 Å². The number of nitrogens with zero attached hydrogens (tertiary/aromatic N) is 2. The van der Waals surface area contributed by atoms with Gasteiger partial charge in [0.15, 0.2) is 0 Å². The quantitative estimate of drug-likeness (QED) is 0.339. The molecule has 2 aliphatic rings. The zero-order valence-corrected chi connectivity index (χ0v) is 22.6. The van der Waals surface area contributed by atoms with Crippen molar-refractivity contribution in [1.82, 2.24) is 15.2 Å². The van der Waals surface area contributed by atoms with Crippen molar-refractivity contribution in [2.24, 2.45) is 0 Å². The van der Waals surface area contributed by atoms with Crippen LogP contribution < -0.4 is 10.1 Å². The number of ether oxygens (including phenoxy) is 1. The number of aromatic nitrogens is 1. The normalized spacial score (nSPS) is 17.4. The third-order valence-electron chi connectivity index (χ3n) is 6.28. The fourth-order valence-corrected chi connectivity index (χ4v) is 4.25. The number of piperidine rings is 1. The van der Waals surface area contributed by atoms with Crippen molar-refractivity contribution >= 4 is 12.1 Å². The zero-order valence-electron chi connectivity index (χ0n) is 22.6. The van der Waals surface area contributed by atoms with E-state index in [1.807, 2.05) is 61.2 Å². The Morgan fingerprint density at radius 2 is 1.71 bits per heavy atom. The van der Waals surface area contributed by atoms with Gasteiger partial charge in [-0.05, 0) is 48.6 Å². The molecule has 1 unspecified atom stereocenters. The highest BCUT2D eigenvalue weighted by Gasteiger charge is 2.40. The van der Waals surface area contributed by atoms with E-state index < -0.39 is 0 Å². The Hall–Kier alpha value is -4.12. The smallest absolute Gasteiger partial charge is 0.317 e. The summed E-state index contributed by atoms with van der Waals surface area (Å²) in [5.41, 5.74) is 3.78. The topological polar surface area (TPSA) is 54.5 Å². The molecule has 1 aromatic heterocycles. The van der Waals surface area contributed by atoms with E-state index in [0.717, 1.165) is 43.7 Å². The van der Waals surface area contributed by atoms with Crippen LogP contribution in [0, 0.1) is 0 Å². The molecule has 0 bridgehead atoms. The lowest BCUT2D eigenvalue weighted by Crippen LogP contribution is -2.44. The number of amides is 2. The summed E-state index contributed by atoms with van der Waals surface area (Å²) in [7, 11) is 0. The molecule has 200 valence electrons. The monoisotopic (exact) mass is 511 g/mol. The standard InChI is InChI=1S/C27H27N3O2.C4H6.C2H6.H2/c31-27(29-25-19-24(25)22-8-2-1-3-9-22)30-15-12-20(13-16-30)17-21-7-6-10-23(18-21)32-26-11-4-5-14-28-26;1-3-4-2;1-2;/h1-11,14,17-18,24-25H,12-13,15-16,19H2,(H,29,31);3-4H,1-2H2;1-2H3;1H/t24?,25-;;;/m1.../s1. The Kier molecular flexibility index (Phi) is 11.4. The largest absolute Gasteiger partial charge is 0.439 e. The fraction of sp³-hybridized carbons (Fsp3) is 0.273. The maximum atomic E-state index is 12.7. The van der Waals surface area contributed by atoms with Crippen molar-refractivity contribution in [3.63, 3.8) is 0 Å². The van der Waals surface area contributed by atoms with E-state index >= 15 is 0 Å². The fourth-order valence-electron chi connectivity index (χ4n) is 4.25. The number of carbonyl (C=O) groups is 1. The van der Waals surface area contributed by atoms with Crippen LogP contribution in [0.2, 0.25) is 0 Å². The average Bonchev–Trinajstić information content (AvgIpc) is 3.75. The van der Waals surface area contributed by atoms with Crippen molar-refractivity contribution in [1.29, 1.82) is 0 Å². The van der Waals surface area contributed by atoms with Crippen LogP contribution in [0.4, 0.5) is 4.79 Å². The predicted octanol–water partition coefficient (Wildman–Crippen LogP) is 8.25. The number of likely N-dealkylation sites (tertiary alicyclic amines) is 1. The summed E-state index contributed by atoms with van der Waals surface area (Å²) in [6.07, 6.45) is 10.0. The van der Waals surface area contributed by atoms with E-state index in [2.05, 4.69) is 59.9 Å². The number of carbonyl (C=O) groups excluding carboxylic acids is 1. The van der Waals surface area contributed by atoms with E-state index in [4.69, 9.17) is 4.74 Å². The van der Waals surface area contributed by atoms with Crippen molar-refractivity contribution < 1.29 is 11.0 Å². The molecule has 38 heavy (non-hydrogen) atoms. The van der Waals surface area contributed by atoms with E-state index in [9.17, 15) is 4.79 Å². The summed E-state index contributed by atoms with van der Waals surface area (Å²) in [4.78, 5) is 18.8. The first-order valence-electron chi connectivity index (χ1n) is 13.4. The van der Waals surface area contributed by atoms with Gasteiger partial charge in [0.05, 0.1) is 0 Å². The molecule has 5 rings (SSSR count). The molecule has 2 heterocycles. The molecule has 1 aliphatic carbocycles. The number of allylic oxidation sites excluding steroid dienone is 2. The first-order chi connectivity index (χ1) is 18.7. The lowest BCUT2D eigenvalue weighted by molar-refractivity contribution is 0.193. The van der Waals surface area contributed by atoms with Gasteiger partial charge in [-0.1, -0.05) is 99.3 Å². The number of hydrogen-bond donors (Lipinski definition) is 1. The van der Waals surface area contributed by atoms with Crippen LogP contribution in [0.15, 0.2) is 110 Å². The minimum atomic E-state index is 0. The van der Waals surface area contributed by atoms with Gasteiger partial charge in [-0.25, -0.2) is 9.78 Å². The molecule has 1 N–H and O–H groups in total. The summed E-state index contributed by atoms with van der Waals surface area (Å²) < 4.78 is 5.84. The molecule has 0 radical (unpaired) electrons. The zero-order chi connectivity index (χ0) is 27.2. The molecule has 0 spiro atoms. The van der Waals surface area contributed by atoms with Crippen LogP contribution in [0.3, 0.4) is 0 Å². The Morgan fingerprint density at radius 1 is 1.00 bits per heavy atom. The molecule has 2 fully saturated rings. The first-order valence-corrected chi connectivity index (χ1v) is 13.4. The second-order valence-electron chi connectivity index (χ2n) is 8.91. The van der Waals surface area contributed by atoms with Gasteiger partial charge in [-0.15, -0.1) is 0 Å². The van der Waals surface area contributed by atoms with Gasteiger partial charge in [0.2, 0.25) is 5.88 Å². The van der Waals surface area contributed by atoms with E-state index in [1.165, 1.54) is 11.1 Å². The highest BCUT2D eigenvalue weighted by molar-refractivity contribution is 5.75. The SMILES string of the molecule is C=CC=C.CC.O=C(N[C@@H]1CC1c1ccccc1)N1CCC(=Cc2cccc(Oc3ccccn3)c2)CC1.[HH]. The molecule has 1 saturated heterocycles. The second-order valence-corrected chi connectivity index (χ2v) is 8.91. The highest BCUT2D eigenvalue weighted by atomic mass is 16.5. The molecule has 2 amide bonds. The van der Waals surface area contributed by atoms with Gasteiger partial charge in [0.1, 0.15) is 5.75 Å². The second kappa shape index (κ2) is 15.2. The van der Waals surface area contributed by atoms with Gasteiger partial charge in [0.25, 0.3) is 0 Å². The number of rotatable bonds is 6. The van der Waals surface area contributed by atoms with Gasteiger partial charge >= 0.3 is 6.03 Å². The molecular weight excluding hydrogens is 470 g/mol. The van der Waals surface area contributed by atoms with E-state index in [0.29, 0.717) is 11.8 Å². The molecule has 5 nitrogen and oxygen atoms in total. The lowest BCUT2D eigenvalue weighted by atomic mass is 10.0. The van der Waals surface area contributed by atoms with Crippen LogP contribution in [0.5, 0.6) is 11.6 Å². The Morgan fingerprint density at radius 3 is 2.37 bits per heavy atom. The summed E-state index contributed by atoms with van der Waals surface area (Å²) >= 11 is 0. The number of pyridine rings is 1. The molecule has 2 aromatic carbocycles. The third-order valence-corrected chi connectivity index (χ3v) is 6.28. The molecule has 5 heteroatoms. The maximum Gasteiger partial charge on any atom is 0.317 e. The Bertz CT molecular complexity index is 1180. The van der Waals surface area contributed by atoms with Crippen molar-refractivity contribution in [3.8, 4) is 11.6 Å². The van der Waals surface area contributed by atoms with Crippen LogP contribution in [0.1, 0.15) is 51.6 Å². The van der Waals surface area contributed by atoms with Gasteiger partial charge in [-0.3, -0.25) is 0 Å². The molecular formula is C33H41N3O2. The van der Waals surface area contributed by atoms with Crippen LogP contribution in [-0.2, 0) is 0 Å². The van der Waals surface area contributed by atoms with Crippen molar-refractivity contribution in [2.45, 2.75) is 45.1 Å². The van der Waals surface area contributed by atoms with Crippen molar-refractivity contribution in [2.75, 3.05) is 13.1 Å². The molecule has 1 aliphatic heterocycles. The van der Waals surface area contributed by atoms with E-state index in [1.54, 1.807) is 18.3 Å². The minimum Gasteiger partial charge on any atom is -0.439 e. The average molecular weight is 512 g/mol. The van der Waals surface area contributed by atoms with Crippen LogP contribution in [0.25, 0.3) is 6.08 Å². The maximum absolute atomic E-state index is 12.7. The molecule has 1 saturated carbocycles. The summed E-state index contributed by atoms with van der Waals surface area (Å²) in [5.74, 6) is 1.81. The highest BCUT2D eigenvalue weighted by Crippen LogP contribution is 2.40. The third kappa shape index (κ3) is 8.77. The molecule has 3 aromatic rings. The van der Waals surface area contributed by atoms with Gasteiger partial charge in [-0.2, -0.15) is 0 Å². The summed E-state index contributed by atoms with van der Waals surface area (Å²) in [5, 5.41) is 3.21. The number of hydrogen-bond acceptors (Lipinski definition) is 3. The van der Waals surface area contributed by atoms with Crippen LogP contribution in [-0.4, -0.2) is 35.0 Å². The van der Waals surface area contributed by atoms with E-state index in [-0.39, 0.29) is 13.5 Å². The number of nitrogens with one attached hydrogen (secondary N) is 1. The summed E-state index contributed by atoms with van der Waals surface area (Å²) in [6, 6.07) is 24.4. The van der Waals surface area contributed by atoms with Gasteiger partial charge in [0, 0.05) is 38.7 Å². The first kappa shape index (κ1) is 28.5. The number of benzene rings is 2. The predicted molar refractivity (Wildman–Crippen MR) is 160 cm³/mol. The van der Waals surface area contributed by atoms with Crippen molar-refractivity contribution in [3.05, 3.63) is 121 Å². The Balaban J connectivity index is 0.000000701. The lowest BCUT2D eigenvalue weighted by Gasteiger charge is -2.28. The molecule has 2 atom stereocenters. The Labute approximate surface area is 229 Å². The number of urea groups is 1. The summed E-state index contributed by atoms with van der Waals surface area (Å²) in [6.45, 7) is 12.2. The van der Waals surface area contributed by atoms with Crippen LogP contribution >= 0.6 is 0 Å².